The minimum Gasteiger partial charge on any atom is -0.481 e. The molecule has 1 aromatic rings. The van der Waals surface area contributed by atoms with Gasteiger partial charge in [0.25, 0.3) is 0 Å². The third-order valence-electron chi connectivity index (χ3n) is 2.55. The molecule has 0 bridgehead atoms. The highest BCUT2D eigenvalue weighted by molar-refractivity contribution is 5.99. The predicted octanol–water partition coefficient (Wildman–Crippen LogP) is 0.434. The smallest absolute Gasteiger partial charge is 0.336 e. The third-order valence-corrected chi connectivity index (χ3v) is 2.55. The number of aliphatic carboxylic acids is 1. The fourth-order valence-corrected chi connectivity index (χ4v) is 1.51. The molecule has 1 aromatic carbocycles. The zero-order chi connectivity index (χ0) is 14.6. The van der Waals surface area contributed by atoms with E-state index in [0.717, 1.165) is 0 Å². The maximum absolute atomic E-state index is 11.6. The van der Waals surface area contributed by atoms with E-state index in [0.29, 0.717) is 11.3 Å². The molecule has 1 amide bonds. The minimum atomic E-state index is -1.19. The zero-order valence-electron chi connectivity index (χ0n) is 10.2. The van der Waals surface area contributed by atoms with Crippen LogP contribution in [0, 0.1) is 6.92 Å². The molecule has 0 aliphatic rings. The molecule has 0 heterocycles. The highest BCUT2D eigenvalue weighted by Crippen LogP contribution is 2.19. The summed E-state index contributed by atoms with van der Waals surface area (Å²) in [7, 11) is 0. The molecule has 19 heavy (non-hydrogen) atoms. The van der Waals surface area contributed by atoms with Gasteiger partial charge >= 0.3 is 11.9 Å². The minimum absolute atomic E-state index is 0.0598. The van der Waals surface area contributed by atoms with Crippen molar-refractivity contribution in [2.24, 2.45) is 5.73 Å². The largest absolute Gasteiger partial charge is 0.481 e. The van der Waals surface area contributed by atoms with E-state index in [2.05, 4.69) is 5.32 Å². The summed E-state index contributed by atoms with van der Waals surface area (Å²) < 4.78 is 0. The first-order chi connectivity index (χ1) is 8.82. The summed E-state index contributed by atoms with van der Waals surface area (Å²) in [5.41, 5.74) is 6.14. The molecular weight excluding hydrogens is 252 g/mol. The van der Waals surface area contributed by atoms with E-state index >= 15 is 0 Å². The second-order valence-corrected chi connectivity index (χ2v) is 3.98. The highest BCUT2D eigenvalue weighted by atomic mass is 16.4. The Morgan fingerprint density at radius 1 is 1.32 bits per heavy atom. The van der Waals surface area contributed by atoms with Crippen molar-refractivity contribution in [1.29, 1.82) is 0 Å². The van der Waals surface area contributed by atoms with Crippen molar-refractivity contribution in [2.45, 2.75) is 19.4 Å². The lowest BCUT2D eigenvalue weighted by molar-refractivity contribution is -0.138. The normalized spacial score (nSPS) is 11.7. The summed E-state index contributed by atoms with van der Waals surface area (Å²) in [6, 6.07) is 3.22. The highest BCUT2D eigenvalue weighted by Gasteiger charge is 2.18. The van der Waals surface area contributed by atoms with E-state index in [4.69, 9.17) is 15.9 Å². The molecule has 0 aromatic heterocycles. The molecular formula is C12H14N2O5. The number of hydrogen-bond donors (Lipinski definition) is 4. The van der Waals surface area contributed by atoms with Crippen LogP contribution in [0.3, 0.4) is 0 Å². The van der Waals surface area contributed by atoms with Crippen LogP contribution in [-0.4, -0.2) is 34.1 Å². The van der Waals surface area contributed by atoms with Gasteiger partial charge in [-0.25, -0.2) is 4.79 Å². The Morgan fingerprint density at radius 2 is 1.95 bits per heavy atom. The summed E-state index contributed by atoms with van der Waals surface area (Å²) >= 11 is 0. The second kappa shape index (κ2) is 5.96. The molecule has 1 atom stereocenters. The van der Waals surface area contributed by atoms with Gasteiger partial charge in [-0.05, 0) is 24.6 Å². The van der Waals surface area contributed by atoms with Crippen molar-refractivity contribution in [3.05, 3.63) is 29.3 Å². The molecule has 102 valence electrons. The Morgan fingerprint density at radius 3 is 2.47 bits per heavy atom. The fourth-order valence-electron chi connectivity index (χ4n) is 1.51. The van der Waals surface area contributed by atoms with Gasteiger partial charge in [-0.1, -0.05) is 6.07 Å². The van der Waals surface area contributed by atoms with E-state index in [1.165, 1.54) is 18.2 Å². The number of aromatic carboxylic acids is 1. The summed E-state index contributed by atoms with van der Waals surface area (Å²) in [5, 5.41) is 19.9. The number of nitrogens with one attached hydrogen (secondary N) is 1. The average molecular weight is 266 g/mol. The van der Waals surface area contributed by atoms with Gasteiger partial charge in [0.05, 0.1) is 18.0 Å². The third kappa shape index (κ3) is 3.78. The van der Waals surface area contributed by atoms with Gasteiger partial charge in [-0.2, -0.15) is 0 Å². The number of nitrogens with two attached hydrogens (primary N) is 1. The van der Waals surface area contributed by atoms with Gasteiger partial charge in [-0.15, -0.1) is 0 Å². The Balaban J connectivity index is 2.88. The molecule has 1 rings (SSSR count). The Bertz CT molecular complexity index is 527. The lowest BCUT2D eigenvalue weighted by Crippen LogP contribution is -2.37. The number of carbonyl (C=O) groups is 3. The molecule has 0 spiro atoms. The first-order valence-electron chi connectivity index (χ1n) is 5.44. The lowest BCUT2D eigenvalue weighted by atomic mass is 10.1. The molecule has 0 saturated heterocycles. The van der Waals surface area contributed by atoms with E-state index < -0.39 is 30.3 Å². The molecule has 0 aliphatic heterocycles. The number of carboxylic acid groups (broad SMARTS) is 2. The van der Waals surface area contributed by atoms with Crippen LogP contribution in [0.1, 0.15) is 22.3 Å². The van der Waals surface area contributed by atoms with Crippen molar-refractivity contribution < 1.29 is 24.6 Å². The maximum atomic E-state index is 11.6. The van der Waals surface area contributed by atoms with Gasteiger partial charge < -0.3 is 21.3 Å². The maximum Gasteiger partial charge on any atom is 0.336 e. The van der Waals surface area contributed by atoms with Crippen LogP contribution >= 0.6 is 0 Å². The summed E-state index contributed by atoms with van der Waals surface area (Å²) in [4.78, 5) is 33.0. The molecule has 5 N–H and O–H groups in total. The number of benzene rings is 1. The van der Waals surface area contributed by atoms with Crippen LogP contribution in [0.4, 0.5) is 5.69 Å². The molecule has 0 saturated carbocycles. The van der Waals surface area contributed by atoms with Crippen molar-refractivity contribution in [3.8, 4) is 0 Å². The number of carboxylic acids is 2. The molecule has 7 heteroatoms. The standard InChI is InChI=1S/C12H14N2O5/c1-6-7(12(18)19)3-2-4-9(6)14-11(17)8(13)5-10(15)16/h2-4,8H,5,13H2,1H3,(H,14,17)(H,15,16)(H,18,19). The van der Waals surface area contributed by atoms with Crippen molar-refractivity contribution >= 4 is 23.5 Å². The molecule has 0 aliphatic carbocycles. The Hall–Kier alpha value is -2.41. The topological polar surface area (TPSA) is 130 Å². The monoisotopic (exact) mass is 266 g/mol. The van der Waals surface area contributed by atoms with Gasteiger partial charge in [-0.3, -0.25) is 9.59 Å². The number of amides is 1. The summed E-state index contributed by atoms with van der Waals surface area (Å²) in [6.45, 7) is 1.54. The van der Waals surface area contributed by atoms with E-state index in [1.807, 2.05) is 0 Å². The lowest BCUT2D eigenvalue weighted by Gasteiger charge is -2.13. The summed E-state index contributed by atoms with van der Waals surface area (Å²) in [6.07, 6.45) is -0.497. The van der Waals surface area contributed by atoms with Crippen LogP contribution < -0.4 is 11.1 Å². The number of hydrogen-bond acceptors (Lipinski definition) is 4. The Kier molecular flexibility index (Phi) is 4.60. The number of rotatable bonds is 5. The average Bonchev–Trinajstić information content (AvgIpc) is 2.30. The molecule has 1 unspecified atom stereocenters. The molecule has 7 nitrogen and oxygen atoms in total. The summed E-state index contributed by atoms with van der Waals surface area (Å²) in [5.74, 6) is -2.96. The first kappa shape index (κ1) is 14.7. The van der Waals surface area contributed by atoms with Crippen molar-refractivity contribution in [1.82, 2.24) is 0 Å². The SMILES string of the molecule is Cc1c(NC(=O)C(N)CC(=O)O)cccc1C(=O)O. The van der Waals surface area contributed by atoms with Gasteiger partial charge in [0, 0.05) is 5.69 Å². The Labute approximate surface area is 109 Å². The van der Waals surface area contributed by atoms with Crippen LogP contribution in [0.2, 0.25) is 0 Å². The van der Waals surface area contributed by atoms with Gasteiger partial charge in [0.1, 0.15) is 0 Å². The van der Waals surface area contributed by atoms with Crippen LogP contribution in [0.5, 0.6) is 0 Å². The van der Waals surface area contributed by atoms with Crippen molar-refractivity contribution in [2.75, 3.05) is 5.32 Å². The van der Waals surface area contributed by atoms with E-state index in [1.54, 1.807) is 6.92 Å². The van der Waals surface area contributed by atoms with E-state index in [-0.39, 0.29) is 5.56 Å². The van der Waals surface area contributed by atoms with Crippen molar-refractivity contribution in [3.63, 3.8) is 0 Å². The quantitative estimate of drug-likeness (QED) is 0.611. The zero-order valence-corrected chi connectivity index (χ0v) is 10.2. The fraction of sp³-hybridized carbons (Fsp3) is 0.250. The second-order valence-electron chi connectivity index (χ2n) is 3.98. The number of carbonyl (C=O) groups excluding carboxylic acids is 1. The number of anilines is 1. The first-order valence-corrected chi connectivity index (χ1v) is 5.44. The van der Waals surface area contributed by atoms with Crippen LogP contribution in [0.25, 0.3) is 0 Å². The molecule has 0 radical (unpaired) electrons. The van der Waals surface area contributed by atoms with Gasteiger partial charge in [0.2, 0.25) is 5.91 Å². The van der Waals surface area contributed by atoms with Crippen LogP contribution in [0.15, 0.2) is 18.2 Å². The predicted molar refractivity (Wildman–Crippen MR) is 67.0 cm³/mol. The van der Waals surface area contributed by atoms with E-state index in [9.17, 15) is 14.4 Å². The molecule has 0 fully saturated rings. The van der Waals surface area contributed by atoms with Gasteiger partial charge in [0.15, 0.2) is 0 Å². The van der Waals surface area contributed by atoms with Crippen LogP contribution in [-0.2, 0) is 9.59 Å².